The number of aromatic nitrogens is 2. The van der Waals surface area contributed by atoms with Crippen molar-refractivity contribution in [3.63, 3.8) is 0 Å². The molecule has 9 heteroatoms. The number of methoxy groups -OCH3 is 1. The topological polar surface area (TPSA) is 93.5 Å². The Morgan fingerprint density at radius 3 is 2.96 bits per heavy atom. The van der Waals surface area contributed by atoms with Crippen LogP contribution in [0.2, 0.25) is 0 Å². The second-order valence-electron chi connectivity index (χ2n) is 5.70. The van der Waals surface area contributed by atoms with Gasteiger partial charge in [-0.05, 0) is 32.2 Å². The molecule has 1 saturated heterocycles. The predicted octanol–water partition coefficient (Wildman–Crippen LogP) is 0.0663. The first-order valence-electron chi connectivity index (χ1n) is 7.76. The summed E-state index contributed by atoms with van der Waals surface area (Å²) in [5, 5.41) is 3.99. The molecule has 0 bridgehead atoms. The summed E-state index contributed by atoms with van der Waals surface area (Å²) in [5.41, 5.74) is 0. The molecule has 0 saturated carbocycles. The fourth-order valence-corrected chi connectivity index (χ4v) is 3.74. The van der Waals surface area contributed by atoms with Gasteiger partial charge >= 0.3 is 5.97 Å². The highest BCUT2D eigenvalue weighted by molar-refractivity contribution is 7.89. The number of hydrogen-bond donors (Lipinski definition) is 1. The van der Waals surface area contributed by atoms with Crippen LogP contribution >= 0.6 is 0 Å². The van der Waals surface area contributed by atoms with Crippen LogP contribution in [0.3, 0.4) is 0 Å². The van der Waals surface area contributed by atoms with Crippen molar-refractivity contribution in [2.45, 2.75) is 31.2 Å². The van der Waals surface area contributed by atoms with Gasteiger partial charge in [0.05, 0.1) is 19.9 Å². The van der Waals surface area contributed by atoms with Gasteiger partial charge in [-0.3, -0.25) is 14.4 Å². The highest BCUT2D eigenvalue weighted by Gasteiger charge is 2.24. The molecule has 0 unspecified atom stereocenters. The van der Waals surface area contributed by atoms with E-state index in [1.54, 1.807) is 4.68 Å². The summed E-state index contributed by atoms with van der Waals surface area (Å²) in [6.45, 7) is 4.66. The number of carbonyl (C=O) groups is 1. The molecule has 1 aromatic rings. The molecule has 0 aromatic carbocycles. The fourth-order valence-electron chi connectivity index (χ4n) is 2.68. The van der Waals surface area contributed by atoms with Crippen LogP contribution in [-0.2, 0) is 26.1 Å². The maximum atomic E-state index is 12.3. The zero-order valence-corrected chi connectivity index (χ0v) is 14.4. The minimum absolute atomic E-state index is 0.182. The lowest BCUT2D eigenvalue weighted by atomic mass is 9.98. The molecule has 130 valence electrons. The highest BCUT2D eigenvalue weighted by atomic mass is 32.2. The van der Waals surface area contributed by atoms with Gasteiger partial charge in [0.15, 0.2) is 0 Å². The first-order chi connectivity index (χ1) is 10.9. The molecule has 1 aliphatic rings. The van der Waals surface area contributed by atoms with Gasteiger partial charge in [0.1, 0.15) is 4.90 Å². The number of ether oxygens (including phenoxy) is 1. The Labute approximate surface area is 136 Å². The van der Waals surface area contributed by atoms with Gasteiger partial charge in [0.25, 0.3) is 0 Å². The molecule has 23 heavy (non-hydrogen) atoms. The van der Waals surface area contributed by atoms with Gasteiger partial charge in [-0.15, -0.1) is 0 Å². The molecule has 2 heterocycles. The summed E-state index contributed by atoms with van der Waals surface area (Å²) in [5.74, 6) is -0.0809. The fraction of sp³-hybridized carbons (Fsp3) is 0.714. The highest BCUT2D eigenvalue weighted by Crippen LogP contribution is 2.16. The molecule has 2 rings (SSSR count). The zero-order valence-electron chi connectivity index (χ0n) is 13.6. The molecule has 1 atom stereocenters. The Morgan fingerprint density at radius 2 is 2.30 bits per heavy atom. The number of nitrogens with zero attached hydrogens (tertiary/aromatic N) is 3. The summed E-state index contributed by atoms with van der Waals surface area (Å²) in [6, 6.07) is 0. The van der Waals surface area contributed by atoms with Crippen LogP contribution in [-0.4, -0.2) is 62.4 Å². The first-order valence-corrected chi connectivity index (χ1v) is 9.24. The van der Waals surface area contributed by atoms with Crippen LogP contribution in [0.25, 0.3) is 0 Å². The van der Waals surface area contributed by atoms with E-state index in [0.717, 1.165) is 19.4 Å². The number of esters is 1. The summed E-state index contributed by atoms with van der Waals surface area (Å²) in [6.07, 6.45) is 4.76. The van der Waals surface area contributed by atoms with Crippen molar-refractivity contribution in [2.24, 2.45) is 5.92 Å². The number of aryl methyl sites for hydroxylation is 1. The van der Waals surface area contributed by atoms with E-state index in [0.29, 0.717) is 19.6 Å². The molecule has 1 aromatic heterocycles. The van der Waals surface area contributed by atoms with Crippen molar-refractivity contribution in [1.29, 1.82) is 0 Å². The van der Waals surface area contributed by atoms with E-state index in [9.17, 15) is 13.2 Å². The number of piperidine rings is 1. The third-order valence-electron chi connectivity index (χ3n) is 3.99. The molecule has 1 fully saturated rings. The summed E-state index contributed by atoms with van der Waals surface area (Å²) >= 11 is 0. The van der Waals surface area contributed by atoms with Crippen molar-refractivity contribution in [2.75, 3.05) is 33.3 Å². The minimum Gasteiger partial charge on any atom is -0.468 e. The van der Waals surface area contributed by atoms with Crippen LogP contribution in [0, 0.1) is 5.92 Å². The second kappa shape index (κ2) is 7.89. The average molecular weight is 344 g/mol. The van der Waals surface area contributed by atoms with Crippen LogP contribution in [0.5, 0.6) is 0 Å². The first kappa shape index (κ1) is 17.9. The van der Waals surface area contributed by atoms with Gasteiger partial charge in [0.2, 0.25) is 10.0 Å². The summed E-state index contributed by atoms with van der Waals surface area (Å²) in [7, 11) is -2.17. The second-order valence-corrected chi connectivity index (χ2v) is 7.47. The lowest BCUT2D eigenvalue weighted by molar-refractivity contribution is -0.142. The van der Waals surface area contributed by atoms with Crippen LogP contribution < -0.4 is 4.72 Å². The summed E-state index contributed by atoms with van der Waals surface area (Å²) < 4.78 is 33.4. The number of likely N-dealkylation sites (tertiary alicyclic amines) is 1. The lowest BCUT2D eigenvalue weighted by Crippen LogP contribution is -2.43. The van der Waals surface area contributed by atoms with E-state index < -0.39 is 10.0 Å². The monoisotopic (exact) mass is 344 g/mol. The van der Waals surface area contributed by atoms with Crippen LogP contribution in [0.4, 0.5) is 0 Å². The van der Waals surface area contributed by atoms with Crippen molar-refractivity contribution in [3.8, 4) is 0 Å². The molecule has 1 aliphatic heterocycles. The van der Waals surface area contributed by atoms with Crippen molar-refractivity contribution in [1.82, 2.24) is 19.4 Å². The third kappa shape index (κ3) is 5.02. The van der Waals surface area contributed by atoms with Gasteiger partial charge in [-0.2, -0.15) is 5.10 Å². The van der Waals surface area contributed by atoms with Crippen LogP contribution in [0.1, 0.15) is 19.8 Å². The maximum Gasteiger partial charge on any atom is 0.319 e. The number of sulfonamides is 1. The Balaban J connectivity index is 1.88. The van der Waals surface area contributed by atoms with Gasteiger partial charge in [0, 0.05) is 25.8 Å². The van der Waals surface area contributed by atoms with E-state index in [1.165, 1.54) is 19.5 Å². The predicted molar refractivity (Wildman–Crippen MR) is 84.3 cm³/mol. The van der Waals surface area contributed by atoms with Crippen molar-refractivity contribution >= 4 is 16.0 Å². The Hall–Kier alpha value is -1.45. The normalized spacial score (nSPS) is 19.7. The largest absolute Gasteiger partial charge is 0.468 e. The molecular weight excluding hydrogens is 320 g/mol. The van der Waals surface area contributed by atoms with Crippen LogP contribution in [0.15, 0.2) is 17.3 Å². The quantitative estimate of drug-likeness (QED) is 0.704. The van der Waals surface area contributed by atoms with E-state index in [4.69, 9.17) is 0 Å². The molecular formula is C14H24N4O4S. The molecule has 0 aliphatic carbocycles. The van der Waals surface area contributed by atoms with E-state index >= 15 is 0 Å². The standard InChI is InChI=1S/C14H24N4O4S/c1-3-18-10-13(8-15-18)23(20,21)16-7-12-5-4-6-17(9-12)11-14(19)22-2/h8,10,12,16H,3-7,9,11H2,1-2H3/t12-/m1/s1. The van der Waals surface area contributed by atoms with Gasteiger partial charge in [-0.1, -0.05) is 0 Å². The third-order valence-corrected chi connectivity index (χ3v) is 5.37. The van der Waals surface area contributed by atoms with Gasteiger partial charge in [-0.25, -0.2) is 13.1 Å². The zero-order chi connectivity index (χ0) is 16.9. The number of hydrogen-bond acceptors (Lipinski definition) is 6. The van der Waals surface area contributed by atoms with E-state index in [1.807, 2.05) is 11.8 Å². The molecule has 0 radical (unpaired) electrons. The van der Waals surface area contributed by atoms with E-state index in [2.05, 4.69) is 14.6 Å². The van der Waals surface area contributed by atoms with Crippen molar-refractivity contribution < 1.29 is 17.9 Å². The summed E-state index contributed by atoms with van der Waals surface area (Å²) in [4.78, 5) is 13.5. The Bertz CT molecular complexity index is 628. The molecule has 1 N–H and O–H groups in total. The Kier molecular flexibility index (Phi) is 6.14. The van der Waals surface area contributed by atoms with Crippen molar-refractivity contribution in [3.05, 3.63) is 12.4 Å². The molecule has 8 nitrogen and oxygen atoms in total. The average Bonchev–Trinajstić information content (AvgIpc) is 3.03. The lowest BCUT2D eigenvalue weighted by Gasteiger charge is -2.31. The number of nitrogens with one attached hydrogen (secondary N) is 1. The smallest absolute Gasteiger partial charge is 0.319 e. The minimum atomic E-state index is -3.54. The van der Waals surface area contributed by atoms with Gasteiger partial charge < -0.3 is 4.74 Å². The SMILES string of the molecule is CCn1cc(S(=O)(=O)NC[C@H]2CCCN(CC(=O)OC)C2)cn1. The maximum absolute atomic E-state index is 12.3. The number of rotatable bonds is 7. The molecule has 0 spiro atoms. The number of carbonyl (C=O) groups excluding carboxylic acids is 1. The van der Waals surface area contributed by atoms with E-state index in [-0.39, 0.29) is 23.3 Å². The molecule has 0 amide bonds. The Morgan fingerprint density at radius 1 is 1.52 bits per heavy atom.